The van der Waals surface area contributed by atoms with E-state index in [1.165, 1.54) is 0 Å². The van der Waals surface area contributed by atoms with Gasteiger partial charge in [-0.05, 0) is 23.4 Å². The summed E-state index contributed by atoms with van der Waals surface area (Å²) in [5.74, 6) is 0. The summed E-state index contributed by atoms with van der Waals surface area (Å²) < 4.78 is 0. The Kier molecular flexibility index (Phi) is 3.99. The number of rotatable bonds is 0. The number of hydroxylamine groups is 1. The van der Waals surface area contributed by atoms with Crippen molar-refractivity contribution < 1.29 is 4.84 Å². The van der Waals surface area contributed by atoms with Gasteiger partial charge < -0.3 is 4.84 Å². The van der Waals surface area contributed by atoms with Crippen molar-refractivity contribution in [3.63, 3.8) is 0 Å². The fourth-order valence-corrected chi connectivity index (χ4v) is 0.463. The van der Waals surface area contributed by atoms with Crippen molar-refractivity contribution in [3.05, 3.63) is 43.1 Å². The zero-order chi connectivity index (χ0) is 8.49. The average molecular weight is 164 g/mol. The Bertz CT molecular complexity index is 208. The Labute approximate surface area is 69.7 Å². The third-order valence-electron chi connectivity index (χ3n) is 0.899. The van der Waals surface area contributed by atoms with Gasteiger partial charge in [-0.25, -0.2) is 5.48 Å². The minimum absolute atomic E-state index is 1.57. The van der Waals surface area contributed by atoms with Crippen LogP contribution >= 0.6 is 0 Å². The van der Waals surface area contributed by atoms with Crippen molar-refractivity contribution in [3.8, 4) is 0 Å². The molecule has 2 rings (SSSR count). The summed E-state index contributed by atoms with van der Waals surface area (Å²) in [5, 5.41) is 10.1. The first kappa shape index (κ1) is 8.19. The van der Waals surface area contributed by atoms with Crippen molar-refractivity contribution in [1.82, 2.24) is 20.9 Å². The Hall–Kier alpha value is -1.91. The van der Waals surface area contributed by atoms with Gasteiger partial charge in [0.25, 0.3) is 0 Å². The maximum absolute atomic E-state index is 4.55. The lowest BCUT2D eigenvalue weighted by molar-refractivity contribution is 0.172. The first-order chi connectivity index (χ1) is 6.00. The van der Waals surface area contributed by atoms with Crippen LogP contribution in [-0.4, -0.2) is 15.4 Å². The Morgan fingerprint density at radius 2 is 1.92 bits per heavy atom. The topological polar surface area (TPSA) is 59.9 Å². The van der Waals surface area contributed by atoms with E-state index in [-0.39, 0.29) is 0 Å². The molecule has 1 aliphatic rings. The van der Waals surface area contributed by atoms with Crippen molar-refractivity contribution >= 4 is 0 Å². The molecule has 5 heteroatoms. The molecule has 0 atom stereocenters. The molecule has 1 aromatic heterocycles. The normalized spacial score (nSPS) is 12.0. The predicted molar refractivity (Wildman–Crippen MR) is 42.3 cm³/mol. The van der Waals surface area contributed by atoms with Gasteiger partial charge in [-0.2, -0.15) is 0 Å². The van der Waals surface area contributed by atoms with E-state index in [4.69, 9.17) is 0 Å². The molecule has 5 nitrogen and oxygen atoms in total. The van der Waals surface area contributed by atoms with Crippen LogP contribution in [0.3, 0.4) is 0 Å². The largest absolute Gasteiger partial charge is 0.391 e. The van der Waals surface area contributed by atoms with Crippen LogP contribution in [0.1, 0.15) is 0 Å². The van der Waals surface area contributed by atoms with Crippen LogP contribution in [0.5, 0.6) is 0 Å². The smallest absolute Gasteiger partial charge is 0.119 e. The summed E-state index contributed by atoms with van der Waals surface area (Å²) in [6.45, 7) is 0. The minimum Gasteiger partial charge on any atom is -0.391 e. The minimum atomic E-state index is 1.57. The molecule has 0 aromatic carbocycles. The number of nitrogens with zero attached hydrogens (tertiary/aromatic N) is 3. The predicted octanol–water partition coefficient (Wildman–Crippen LogP) is 0.420. The number of hydrogen-bond acceptors (Lipinski definition) is 5. The van der Waals surface area contributed by atoms with E-state index in [0.29, 0.717) is 0 Å². The molecule has 0 saturated carbocycles. The Balaban J connectivity index is 0.000000120. The maximum Gasteiger partial charge on any atom is 0.119 e. The van der Waals surface area contributed by atoms with Crippen molar-refractivity contribution in [2.75, 3.05) is 0 Å². The number of aromatic nitrogens is 3. The van der Waals surface area contributed by atoms with E-state index in [1.54, 1.807) is 37.0 Å². The molecule has 1 aromatic rings. The molecule has 0 radical (unpaired) electrons. The SMILES string of the molecule is C1=CNOC=C1.c1cnnnc1. The van der Waals surface area contributed by atoms with Crippen LogP contribution in [0.15, 0.2) is 43.1 Å². The molecule has 0 amide bonds. The molecule has 2 heterocycles. The van der Waals surface area contributed by atoms with E-state index >= 15 is 0 Å². The van der Waals surface area contributed by atoms with Crippen molar-refractivity contribution in [2.45, 2.75) is 0 Å². The molecule has 0 saturated heterocycles. The third kappa shape index (κ3) is 3.99. The second-order valence-corrected chi connectivity index (χ2v) is 1.73. The van der Waals surface area contributed by atoms with Gasteiger partial charge in [-0.15, -0.1) is 10.2 Å². The quantitative estimate of drug-likeness (QED) is 0.602. The molecule has 0 spiro atoms. The molecular weight excluding hydrogens is 156 g/mol. The lowest BCUT2D eigenvalue weighted by atomic mass is 10.6. The van der Waals surface area contributed by atoms with Crippen molar-refractivity contribution in [2.24, 2.45) is 0 Å². The maximum atomic E-state index is 4.55. The highest BCUT2D eigenvalue weighted by molar-refractivity contribution is 5.00. The van der Waals surface area contributed by atoms with Crippen LogP contribution in [0, 0.1) is 0 Å². The fraction of sp³-hybridized carbons (Fsp3) is 0. The summed E-state index contributed by atoms with van der Waals surface area (Å²) >= 11 is 0. The van der Waals surface area contributed by atoms with E-state index in [9.17, 15) is 0 Å². The molecule has 0 fully saturated rings. The second-order valence-electron chi connectivity index (χ2n) is 1.73. The summed E-state index contributed by atoms with van der Waals surface area (Å²) in [7, 11) is 0. The highest BCUT2D eigenvalue weighted by Gasteiger charge is 1.72. The van der Waals surface area contributed by atoms with Crippen LogP contribution in [0.25, 0.3) is 0 Å². The molecule has 0 aliphatic carbocycles. The number of hydrogen-bond donors (Lipinski definition) is 1. The van der Waals surface area contributed by atoms with Gasteiger partial charge in [-0.3, -0.25) is 0 Å². The molecule has 0 unspecified atom stereocenters. The first-order valence-electron chi connectivity index (χ1n) is 3.31. The molecule has 1 N–H and O–H groups in total. The van der Waals surface area contributed by atoms with Gasteiger partial charge >= 0.3 is 0 Å². The third-order valence-corrected chi connectivity index (χ3v) is 0.899. The molecular formula is C7H8N4O. The fourth-order valence-electron chi connectivity index (χ4n) is 0.463. The summed E-state index contributed by atoms with van der Waals surface area (Å²) in [4.78, 5) is 4.55. The van der Waals surface area contributed by atoms with E-state index < -0.39 is 0 Å². The number of allylic oxidation sites excluding steroid dienone is 2. The summed E-state index contributed by atoms with van der Waals surface area (Å²) in [6.07, 6.45) is 10.1. The van der Waals surface area contributed by atoms with Crippen LogP contribution in [-0.2, 0) is 4.84 Å². The Morgan fingerprint density at radius 3 is 2.08 bits per heavy atom. The lowest BCUT2D eigenvalue weighted by Crippen LogP contribution is -2.01. The molecule has 62 valence electrons. The van der Waals surface area contributed by atoms with E-state index in [2.05, 4.69) is 25.7 Å². The van der Waals surface area contributed by atoms with E-state index in [1.807, 2.05) is 6.08 Å². The molecule has 12 heavy (non-hydrogen) atoms. The van der Waals surface area contributed by atoms with Gasteiger partial charge in [0.1, 0.15) is 6.26 Å². The summed E-state index contributed by atoms with van der Waals surface area (Å²) in [6, 6.07) is 1.72. The summed E-state index contributed by atoms with van der Waals surface area (Å²) in [5.41, 5.74) is 2.52. The average Bonchev–Trinajstić information content (AvgIpc) is 2.24. The van der Waals surface area contributed by atoms with Gasteiger partial charge in [0.15, 0.2) is 0 Å². The Morgan fingerprint density at radius 1 is 1.08 bits per heavy atom. The molecule has 0 bridgehead atoms. The van der Waals surface area contributed by atoms with Crippen LogP contribution in [0.2, 0.25) is 0 Å². The van der Waals surface area contributed by atoms with Gasteiger partial charge in [-0.1, -0.05) is 0 Å². The van der Waals surface area contributed by atoms with Crippen molar-refractivity contribution in [1.29, 1.82) is 0 Å². The highest BCUT2D eigenvalue weighted by Crippen LogP contribution is 1.80. The van der Waals surface area contributed by atoms with Gasteiger partial charge in [0.05, 0.1) is 12.4 Å². The lowest BCUT2D eigenvalue weighted by Gasteiger charge is -1.97. The molecule has 1 aliphatic heterocycles. The first-order valence-corrected chi connectivity index (χ1v) is 3.31. The highest BCUT2D eigenvalue weighted by atomic mass is 16.6. The van der Waals surface area contributed by atoms with E-state index in [0.717, 1.165) is 0 Å². The monoisotopic (exact) mass is 164 g/mol. The zero-order valence-electron chi connectivity index (χ0n) is 6.29. The zero-order valence-corrected chi connectivity index (χ0v) is 6.29. The van der Waals surface area contributed by atoms with Gasteiger partial charge in [0, 0.05) is 6.20 Å². The van der Waals surface area contributed by atoms with Crippen LogP contribution < -0.4 is 5.48 Å². The standard InChI is InChI=1S/C4H5NO.C3H3N3/c2*1-2-4-6-5-3-1/h1-5H;1-3H. The second kappa shape index (κ2) is 5.84. The number of nitrogens with one attached hydrogen (secondary N) is 1. The van der Waals surface area contributed by atoms with Crippen LogP contribution in [0.4, 0.5) is 0 Å². The van der Waals surface area contributed by atoms with Gasteiger partial charge in [0.2, 0.25) is 0 Å².